The first-order valence-electron chi connectivity index (χ1n) is 20.5. The number of fused-ring (bicyclic) bond motifs is 4. The zero-order valence-corrected chi connectivity index (χ0v) is 33.7. The van der Waals surface area contributed by atoms with Crippen LogP contribution in [0.25, 0.3) is 86.6 Å². The third-order valence-corrected chi connectivity index (χ3v) is 12.9. The maximum absolute atomic E-state index is 2.43. The highest BCUT2D eigenvalue weighted by molar-refractivity contribution is 7.26. The van der Waals surface area contributed by atoms with E-state index < -0.39 is 0 Å². The zero-order chi connectivity index (χ0) is 39.8. The van der Waals surface area contributed by atoms with Crippen LogP contribution >= 0.6 is 11.3 Å². The maximum Gasteiger partial charge on any atom is 0.0640 e. The van der Waals surface area contributed by atoms with Crippen molar-refractivity contribution in [1.29, 1.82) is 0 Å². The van der Waals surface area contributed by atoms with Crippen LogP contribution in [0.4, 0.5) is 17.1 Å². The molecular weight excluding hydrogens is 743 g/mol. The molecule has 0 bridgehead atoms. The second-order valence-electron chi connectivity index (χ2n) is 15.2. The minimum atomic E-state index is 1.11. The van der Waals surface area contributed by atoms with Gasteiger partial charge >= 0.3 is 0 Å². The van der Waals surface area contributed by atoms with Gasteiger partial charge in [0.25, 0.3) is 0 Å². The van der Waals surface area contributed by atoms with Crippen molar-refractivity contribution in [2.75, 3.05) is 4.90 Å². The maximum atomic E-state index is 2.43. The Morgan fingerprint density at radius 3 is 1.45 bits per heavy atom. The molecule has 1 nitrogen and oxygen atoms in total. The quantitative estimate of drug-likeness (QED) is 0.148. The smallest absolute Gasteiger partial charge is 0.0640 e. The summed E-state index contributed by atoms with van der Waals surface area (Å²) in [6.45, 7) is 0. The number of benzene rings is 10. The van der Waals surface area contributed by atoms with Gasteiger partial charge in [-0.05, 0) is 109 Å². The van der Waals surface area contributed by atoms with E-state index >= 15 is 0 Å². The van der Waals surface area contributed by atoms with E-state index in [1.165, 1.54) is 92.3 Å². The van der Waals surface area contributed by atoms with E-state index in [9.17, 15) is 0 Å². The molecule has 0 atom stereocenters. The lowest BCUT2D eigenvalue weighted by atomic mass is 9.91. The Balaban J connectivity index is 1.01. The van der Waals surface area contributed by atoms with Crippen molar-refractivity contribution in [2.45, 2.75) is 0 Å². The molecule has 11 rings (SSSR count). The van der Waals surface area contributed by atoms with Gasteiger partial charge < -0.3 is 4.90 Å². The molecule has 11 aromatic rings. The van der Waals surface area contributed by atoms with Gasteiger partial charge in [-0.1, -0.05) is 194 Å². The lowest BCUT2D eigenvalue weighted by Gasteiger charge is -2.26. The normalized spacial score (nSPS) is 11.3. The molecule has 0 unspecified atom stereocenters. The molecule has 0 N–H and O–H groups in total. The zero-order valence-electron chi connectivity index (χ0n) is 32.9. The van der Waals surface area contributed by atoms with E-state index in [0.717, 1.165) is 11.4 Å². The van der Waals surface area contributed by atoms with Gasteiger partial charge in [-0.2, -0.15) is 0 Å². The Morgan fingerprint density at radius 1 is 0.300 bits per heavy atom. The first kappa shape index (κ1) is 35.6. The number of hydrogen-bond acceptors (Lipinski definition) is 2. The van der Waals surface area contributed by atoms with Crippen LogP contribution in [0.3, 0.4) is 0 Å². The SMILES string of the molecule is c1ccc(-c2ccccc2-c2cccc(-c3ccc(N(c4ccc(-c5cccc6cccc(-c7ccccc7)c56)cc4)c4cccc5c4sc4ccccc45)cc3)c2)cc1. The minimum Gasteiger partial charge on any atom is -0.309 e. The van der Waals surface area contributed by atoms with Gasteiger partial charge in [-0.25, -0.2) is 0 Å². The topological polar surface area (TPSA) is 3.24 Å². The Kier molecular flexibility index (Phi) is 9.11. The molecule has 282 valence electrons. The van der Waals surface area contributed by atoms with Crippen molar-refractivity contribution >= 4 is 59.3 Å². The van der Waals surface area contributed by atoms with Crippen molar-refractivity contribution < 1.29 is 0 Å². The average Bonchev–Trinajstić information content (AvgIpc) is 3.72. The fourth-order valence-corrected chi connectivity index (χ4v) is 10.0. The summed E-state index contributed by atoms with van der Waals surface area (Å²) in [7, 11) is 0. The summed E-state index contributed by atoms with van der Waals surface area (Å²) in [6.07, 6.45) is 0. The van der Waals surface area contributed by atoms with Crippen LogP contribution in [0, 0.1) is 0 Å². The molecule has 60 heavy (non-hydrogen) atoms. The molecule has 0 amide bonds. The molecule has 0 saturated heterocycles. The highest BCUT2D eigenvalue weighted by Crippen LogP contribution is 2.46. The monoisotopic (exact) mass is 781 g/mol. The summed E-state index contributed by atoms with van der Waals surface area (Å²) in [4.78, 5) is 2.43. The van der Waals surface area contributed by atoms with E-state index in [2.05, 4.69) is 241 Å². The van der Waals surface area contributed by atoms with Crippen LogP contribution < -0.4 is 4.90 Å². The van der Waals surface area contributed by atoms with Crippen LogP contribution in [-0.4, -0.2) is 0 Å². The Labute approximate surface area is 354 Å². The number of rotatable bonds is 8. The summed E-state index contributed by atoms with van der Waals surface area (Å²) >= 11 is 1.86. The van der Waals surface area contributed by atoms with Crippen LogP contribution in [-0.2, 0) is 0 Å². The van der Waals surface area contributed by atoms with E-state index in [0.29, 0.717) is 0 Å². The van der Waals surface area contributed by atoms with Gasteiger partial charge in [0.2, 0.25) is 0 Å². The molecular formula is C58H39NS. The lowest BCUT2D eigenvalue weighted by Crippen LogP contribution is -2.10. The fraction of sp³-hybridized carbons (Fsp3) is 0. The third-order valence-electron chi connectivity index (χ3n) is 11.7. The standard InChI is InChI=1S/C58H39NS/c1-3-15-41(16-4-1)49-23-7-8-24-50(49)46-22-11-21-45(39-46)40-31-35-47(36-32-40)59(55-29-14-28-54-53-25-9-10-30-56(53)60-58(54)55)48-37-33-43(34-38-48)52-27-13-20-44-19-12-26-51(57(44)52)42-17-5-2-6-18-42/h1-39H. The third kappa shape index (κ3) is 6.44. The summed E-state index contributed by atoms with van der Waals surface area (Å²) < 4.78 is 2.57. The molecule has 10 aromatic carbocycles. The summed E-state index contributed by atoms with van der Waals surface area (Å²) in [6, 6.07) is 86.0. The Hall–Kier alpha value is -7.52. The second kappa shape index (κ2) is 15.3. The van der Waals surface area contributed by atoms with Crippen molar-refractivity contribution in [3.8, 4) is 55.6 Å². The fourth-order valence-electron chi connectivity index (χ4n) is 8.84. The molecule has 0 aliphatic heterocycles. The molecule has 0 aliphatic carbocycles. The van der Waals surface area contributed by atoms with E-state index in [1.54, 1.807) is 0 Å². The van der Waals surface area contributed by atoms with Crippen LogP contribution in [0.2, 0.25) is 0 Å². The number of hydrogen-bond donors (Lipinski definition) is 0. The van der Waals surface area contributed by atoms with Gasteiger partial charge in [0.05, 0.1) is 10.4 Å². The first-order valence-corrected chi connectivity index (χ1v) is 21.3. The lowest BCUT2D eigenvalue weighted by molar-refractivity contribution is 1.30. The number of thiophene rings is 1. The van der Waals surface area contributed by atoms with Crippen LogP contribution in [0.1, 0.15) is 0 Å². The van der Waals surface area contributed by atoms with Crippen LogP contribution in [0.5, 0.6) is 0 Å². The van der Waals surface area contributed by atoms with Crippen molar-refractivity contribution in [1.82, 2.24) is 0 Å². The van der Waals surface area contributed by atoms with Gasteiger partial charge in [-0.3, -0.25) is 0 Å². The molecule has 1 heterocycles. The van der Waals surface area contributed by atoms with Gasteiger partial charge in [0, 0.05) is 26.8 Å². The van der Waals surface area contributed by atoms with Crippen molar-refractivity contribution in [3.63, 3.8) is 0 Å². The van der Waals surface area contributed by atoms with Gasteiger partial charge in [0.1, 0.15) is 0 Å². The van der Waals surface area contributed by atoms with Gasteiger partial charge in [0.15, 0.2) is 0 Å². The molecule has 0 aliphatic rings. The number of nitrogens with zero attached hydrogens (tertiary/aromatic N) is 1. The second-order valence-corrected chi connectivity index (χ2v) is 16.3. The molecule has 0 radical (unpaired) electrons. The average molecular weight is 782 g/mol. The Bertz CT molecular complexity index is 3290. The van der Waals surface area contributed by atoms with Crippen LogP contribution in [0.15, 0.2) is 237 Å². The predicted octanol–water partition coefficient (Wildman–Crippen LogP) is 17.0. The molecule has 0 saturated carbocycles. The van der Waals surface area contributed by atoms with E-state index in [1.807, 2.05) is 11.3 Å². The number of anilines is 3. The highest BCUT2D eigenvalue weighted by atomic mass is 32.1. The predicted molar refractivity (Wildman–Crippen MR) is 259 cm³/mol. The van der Waals surface area contributed by atoms with E-state index in [4.69, 9.17) is 0 Å². The first-order chi connectivity index (χ1) is 29.8. The summed E-state index contributed by atoms with van der Waals surface area (Å²) in [5.74, 6) is 0. The largest absolute Gasteiger partial charge is 0.309 e. The van der Waals surface area contributed by atoms with E-state index in [-0.39, 0.29) is 0 Å². The van der Waals surface area contributed by atoms with Crippen molar-refractivity contribution in [2.24, 2.45) is 0 Å². The Morgan fingerprint density at radius 2 is 0.767 bits per heavy atom. The van der Waals surface area contributed by atoms with Gasteiger partial charge in [-0.15, -0.1) is 11.3 Å². The highest BCUT2D eigenvalue weighted by Gasteiger charge is 2.19. The molecule has 0 fully saturated rings. The molecule has 1 aromatic heterocycles. The molecule has 2 heteroatoms. The molecule has 0 spiro atoms. The summed E-state index contributed by atoms with van der Waals surface area (Å²) in [5, 5.41) is 5.09. The minimum absolute atomic E-state index is 1.11. The van der Waals surface area contributed by atoms with Crippen molar-refractivity contribution in [3.05, 3.63) is 237 Å². The summed E-state index contributed by atoms with van der Waals surface area (Å²) in [5.41, 5.74) is 15.5.